The van der Waals surface area contributed by atoms with Gasteiger partial charge < -0.3 is 29.0 Å². The molecule has 0 spiro atoms. The van der Waals surface area contributed by atoms with Crippen molar-refractivity contribution in [1.82, 2.24) is 14.9 Å². The molecular weight excluding hydrogens is 653 g/mol. The Morgan fingerprint density at radius 2 is 1.80 bits per heavy atom. The quantitative estimate of drug-likeness (QED) is 0.0566. The van der Waals surface area contributed by atoms with Crippen molar-refractivity contribution in [1.29, 1.82) is 0 Å². The van der Waals surface area contributed by atoms with Gasteiger partial charge in [0.25, 0.3) is 0 Å². The molecule has 11 heteroatoms. The predicted octanol–water partition coefficient (Wildman–Crippen LogP) is 7.51. The van der Waals surface area contributed by atoms with Crippen LogP contribution in [0.2, 0.25) is 0 Å². The maximum absolute atomic E-state index is 10.4. The van der Waals surface area contributed by atoms with Crippen molar-refractivity contribution in [2.24, 2.45) is 28.7 Å². The second-order valence-electron chi connectivity index (χ2n) is 13.4. The average Bonchev–Trinajstić information content (AvgIpc) is 3.83. The zero-order valence-electron chi connectivity index (χ0n) is 30.7. The Morgan fingerprint density at radius 3 is 2.40 bits per heavy atom. The summed E-state index contributed by atoms with van der Waals surface area (Å²) in [6, 6.07) is 14.6. The summed E-state index contributed by atoms with van der Waals surface area (Å²) in [7, 11) is 5.21. The van der Waals surface area contributed by atoms with Crippen LogP contribution in [0.15, 0.2) is 52.4 Å². The number of hydrogen-bond acceptors (Lipinski definition) is 10. The molecule has 1 saturated heterocycles. The molecule has 5 atom stereocenters. The number of methoxy groups -OCH3 is 3. The molecule has 2 saturated carbocycles. The Bertz CT molecular complexity index is 1230. The van der Waals surface area contributed by atoms with Gasteiger partial charge in [-0.25, -0.2) is 4.31 Å². The van der Waals surface area contributed by atoms with E-state index in [0.29, 0.717) is 49.1 Å². The van der Waals surface area contributed by atoms with Crippen molar-refractivity contribution >= 4 is 30.8 Å². The smallest absolute Gasteiger partial charge is 0.207 e. The number of nitrogens with zero attached hydrogens (tertiary/aromatic N) is 2. The van der Waals surface area contributed by atoms with Crippen molar-refractivity contribution in [3.63, 3.8) is 0 Å². The normalized spacial score (nSPS) is 22.2. The Morgan fingerprint density at radius 1 is 1.06 bits per heavy atom. The fourth-order valence-electron chi connectivity index (χ4n) is 6.18. The molecule has 1 aliphatic heterocycles. The zero-order chi connectivity index (χ0) is 35.6. The fourth-order valence-corrected chi connectivity index (χ4v) is 7.36. The molecule has 2 aromatic rings. The maximum Gasteiger partial charge on any atom is 0.207 e. The molecule has 1 heterocycles. The van der Waals surface area contributed by atoms with Gasteiger partial charge in [0.05, 0.1) is 19.8 Å². The molecule has 2 aromatic carbocycles. The SMILES string of the molecule is C.C=Nc1ccc(SN(CCCNC=O)CC(C)C)cc1OCNC1CC1.COC1OCC2C1CCC(C)C2OC.COc1ccc(C)cc1. The lowest BCUT2D eigenvalue weighted by atomic mass is 9.73. The molecule has 0 aromatic heterocycles. The van der Waals surface area contributed by atoms with Gasteiger partial charge in [0.2, 0.25) is 6.41 Å². The van der Waals surface area contributed by atoms with E-state index in [-0.39, 0.29) is 13.7 Å². The molecule has 10 nitrogen and oxygen atoms in total. The highest BCUT2D eigenvalue weighted by Crippen LogP contribution is 2.42. The number of ether oxygens (including phenoxy) is 5. The summed E-state index contributed by atoms with van der Waals surface area (Å²) >= 11 is 1.72. The molecule has 2 N–H and O–H groups in total. The Labute approximate surface area is 306 Å². The third-order valence-electron chi connectivity index (χ3n) is 8.95. The van der Waals surface area contributed by atoms with Crippen molar-refractivity contribution < 1.29 is 28.5 Å². The van der Waals surface area contributed by atoms with Crippen LogP contribution in [0.3, 0.4) is 0 Å². The highest BCUT2D eigenvalue weighted by atomic mass is 32.2. The van der Waals surface area contributed by atoms with Gasteiger partial charge in [0.1, 0.15) is 23.9 Å². The first kappa shape index (κ1) is 43.5. The number of nitrogens with one attached hydrogen (secondary N) is 2. The lowest BCUT2D eigenvalue weighted by Gasteiger charge is -2.37. The van der Waals surface area contributed by atoms with E-state index in [4.69, 9.17) is 23.7 Å². The highest BCUT2D eigenvalue weighted by molar-refractivity contribution is 7.97. The largest absolute Gasteiger partial charge is 0.497 e. The van der Waals surface area contributed by atoms with Crippen LogP contribution in [-0.2, 0) is 19.0 Å². The van der Waals surface area contributed by atoms with Crippen molar-refractivity contribution in [2.75, 3.05) is 54.3 Å². The predicted molar refractivity (Wildman–Crippen MR) is 206 cm³/mol. The number of fused-ring (bicyclic) bond motifs is 1. The molecule has 0 bridgehead atoms. The first-order chi connectivity index (χ1) is 23.7. The molecule has 0 radical (unpaired) electrons. The summed E-state index contributed by atoms with van der Waals surface area (Å²) in [6.45, 7) is 16.2. The molecule has 1 amide bonds. The number of aryl methyl sites for hydroxylation is 1. The molecule has 3 fully saturated rings. The second-order valence-corrected chi connectivity index (χ2v) is 14.6. The number of aliphatic imine (C=N–C) groups is 1. The van der Waals surface area contributed by atoms with Crippen molar-refractivity contribution in [3.05, 3.63) is 48.0 Å². The first-order valence-corrected chi connectivity index (χ1v) is 18.3. The van der Waals surface area contributed by atoms with E-state index in [0.717, 1.165) is 54.6 Å². The van der Waals surface area contributed by atoms with Gasteiger partial charge in [-0.15, -0.1) is 0 Å². The van der Waals surface area contributed by atoms with Gasteiger partial charge in [-0.1, -0.05) is 45.9 Å². The number of benzene rings is 2. The summed E-state index contributed by atoms with van der Waals surface area (Å²) < 4.78 is 29.7. The summed E-state index contributed by atoms with van der Waals surface area (Å²) in [4.78, 5) is 15.6. The number of rotatable bonds is 17. The lowest BCUT2D eigenvalue weighted by molar-refractivity contribution is -0.116. The number of carbonyl (C=O) groups is 1. The van der Waals surface area contributed by atoms with Crippen LogP contribution in [0.5, 0.6) is 11.5 Å². The van der Waals surface area contributed by atoms with E-state index in [1.54, 1.807) is 26.2 Å². The molecule has 282 valence electrons. The lowest BCUT2D eigenvalue weighted by Crippen LogP contribution is -2.40. The molecule has 5 rings (SSSR count). The second kappa shape index (κ2) is 23.7. The molecular formula is C39H64N4O6S. The van der Waals surface area contributed by atoms with Gasteiger partial charge in [0.15, 0.2) is 6.29 Å². The van der Waals surface area contributed by atoms with Gasteiger partial charge >= 0.3 is 0 Å². The summed E-state index contributed by atoms with van der Waals surface area (Å²) in [5, 5.41) is 6.07. The minimum atomic E-state index is 0. The van der Waals surface area contributed by atoms with E-state index in [2.05, 4.69) is 54.3 Å². The van der Waals surface area contributed by atoms with Gasteiger partial charge in [0, 0.05) is 56.6 Å². The minimum absolute atomic E-state index is 0. The fraction of sp³-hybridized carbons (Fsp3) is 0.641. The number of hydrogen-bond donors (Lipinski definition) is 2. The van der Waals surface area contributed by atoms with Gasteiger partial charge in [-0.05, 0) is 99.9 Å². The molecule has 3 aliphatic rings. The summed E-state index contributed by atoms with van der Waals surface area (Å²) in [5.74, 6) is 3.97. The van der Waals surface area contributed by atoms with Crippen LogP contribution >= 0.6 is 11.9 Å². The number of amides is 1. The van der Waals surface area contributed by atoms with E-state index in [9.17, 15) is 4.79 Å². The Hall–Kier alpha value is -2.67. The van der Waals surface area contributed by atoms with Crippen LogP contribution < -0.4 is 20.1 Å². The zero-order valence-corrected chi connectivity index (χ0v) is 31.5. The average molecular weight is 717 g/mol. The third kappa shape index (κ3) is 14.9. The van der Waals surface area contributed by atoms with Crippen LogP contribution in [0.25, 0.3) is 0 Å². The van der Waals surface area contributed by atoms with Crippen molar-refractivity contribution in [3.8, 4) is 11.5 Å². The summed E-state index contributed by atoms with van der Waals surface area (Å²) in [5.41, 5.74) is 2.02. The van der Waals surface area contributed by atoms with E-state index >= 15 is 0 Å². The maximum atomic E-state index is 10.4. The van der Waals surface area contributed by atoms with Crippen LogP contribution in [-0.4, -0.2) is 90.2 Å². The van der Waals surface area contributed by atoms with E-state index < -0.39 is 0 Å². The molecule has 50 heavy (non-hydrogen) atoms. The van der Waals surface area contributed by atoms with Gasteiger partial charge in [-0.2, -0.15) is 0 Å². The van der Waals surface area contributed by atoms with Crippen LogP contribution in [0.4, 0.5) is 5.69 Å². The standard InChI is InChI=1S/C19H30N4O2S.C11H20O3.C8H10O.CH4/c1-15(2)12-23(10-4-9-21-13-24)26-17-7-8-18(20-3)19(11-17)25-14-22-16-5-6-16;1-7-4-5-8-9(10(7)12-2)6-14-11(8)13-3;1-7-3-5-8(9-2)6-4-7;/h7-8,11,13,15-16,22H,3-6,9-10,12,14H2,1-2H3,(H,21,24);7-11H,4-6H2,1-3H3;3-6H,1-2H3;1H4. The Balaban J connectivity index is 0.000000299. The topological polar surface area (TPSA) is 103 Å². The Kier molecular flexibility index (Phi) is 20.6. The summed E-state index contributed by atoms with van der Waals surface area (Å²) in [6.07, 6.45) is 6.93. The molecule has 2 aliphatic carbocycles. The van der Waals surface area contributed by atoms with Crippen molar-refractivity contribution in [2.45, 2.75) is 90.6 Å². The van der Waals surface area contributed by atoms with Crippen LogP contribution in [0.1, 0.15) is 65.9 Å². The number of carbonyl (C=O) groups excluding carboxylic acids is 1. The van der Waals surface area contributed by atoms with Gasteiger partial charge in [-0.3, -0.25) is 15.1 Å². The third-order valence-corrected chi connectivity index (χ3v) is 10.0. The highest BCUT2D eigenvalue weighted by Gasteiger charge is 2.46. The monoisotopic (exact) mass is 716 g/mol. The first-order valence-electron chi connectivity index (χ1n) is 17.6. The van der Waals surface area contributed by atoms with E-state index in [1.807, 2.05) is 49.6 Å². The van der Waals surface area contributed by atoms with Crippen LogP contribution in [0, 0.1) is 30.6 Å². The van der Waals surface area contributed by atoms with E-state index in [1.165, 1.54) is 31.2 Å². The molecule has 5 unspecified atom stereocenters. The minimum Gasteiger partial charge on any atom is -0.497 e.